The van der Waals surface area contributed by atoms with Gasteiger partial charge in [-0.1, -0.05) is 18.2 Å². The molecular formula is C21H13F2NO6. The summed E-state index contributed by atoms with van der Waals surface area (Å²) in [4.78, 5) is 37.7. The smallest absolute Gasteiger partial charge is 0.356 e. The van der Waals surface area contributed by atoms with E-state index < -0.39 is 40.5 Å². The van der Waals surface area contributed by atoms with Crippen molar-refractivity contribution in [1.82, 2.24) is 4.57 Å². The van der Waals surface area contributed by atoms with E-state index in [1.54, 1.807) is 18.2 Å². The molecule has 0 spiro atoms. The first-order chi connectivity index (χ1) is 14.4. The van der Waals surface area contributed by atoms with Gasteiger partial charge in [-0.15, -0.1) is 0 Å². The van der Waals surface area contributed by atoms with Crippen LogP contribution in [0.4, 0.5) is 8.78 Å². The van der Waals surface area contributed by atoms with E-state index in [9.17, 15) is 23.2 Å². The predicted molar refractivity (Wildman–Crippen MR) is 102 cm³/mol. The van der Waals surface area contributed by atoms with Crippen molar-refractivity contribution in [3.05, 3.63) is 75.8 Å². The van der Waals surface area contributed by atoms with Gasteiger partial charge in [0, 0.05) is 11.5 Å². The minimum atomic E-state index is -0.997. The molecule has 7 nitrogen and oxygen atoms in total. The first-order valence-electron chi connectivity index (χ1n) is 8.60. The summed E-state index contributed by atoms with van der Waals surface area (Å²) < 4.78 is 44.0. The van der Waals surface area contributed by atoms with Crippen LogP contribution in [0.15, 0.2) is 51.7 Å². The standard InChI is InChI=1S/C21H13F2NO6/c1-28-20(26)15-17(21(27)29-2)24(12-8-10(22)7-11(23)9-12)16-13-5-3-4-6-14(13)19(25)30-18(15)16/h3-9H,1-2H3. The Morgan fingerprint density at radius 2 is 1.53 bits per heavy atom. The molecule has 2 heterocycles. The molecule has 0 aliphatic carbocycles. The fourth-order valence-corrected chi connectivity index (χ4v) is 3.42. The number of benzene rings is 2. The molecule has 0 aliphatic rings. The number of aromatic nitrogens is 1. The Morgan fingerprint density at radius 1 is 0.933 bits per heavy atom. The van der Waals surface area contributed by atoms with Crippen molar-refractivity contribution in [2.45, 2.75) is 0 Å². The van der Waals surface area contributed by atoms with Gasteiger partial charge in [-0.3, -0.25) is 4.57 Å². The minimum Gasteiger partial charge on any atom is -0.465 e. The topological polar surface area (TPSA) is 87.7 Å². The lowest BCUT2D eigenvalue weighted by Gasteiger charge is -2.11. The van der Waals surface area contributed by atoms with Gasteiger partial charge in [0.15, 0.2) is 11.3 Å². The van der Waals surface area contributed by atoms with Gasteiger partial charge in [0.25, 0.3) is 0 Å². The maximum absolute atomic E-state index is 14.0. The molecule has 0 unspecified atom stereocenters. The Kier molecular flexibility index (Phi) is 4.57. The van der Waals surface area contributed by atoms with E-state index in [1.807, 2.05) is 0 Å². The highest BCUT2D eigenvalue weighted by Crippen LogP contribution is 2.34. The van der Waals surface area contributed by atoms with E-state index in [-0.39, 0.29) is 22.2 Å². The van der Waals surface area contributed by atoms with Crippen molar-refractivity contribution in [2.24, 2.45) is 0 Å². The number of hydrogen-bond acceptors (Lipinski definition) is 6. The van der Waals surface area contributed by atoms with E-state index in [0.717, 1.165) is 30.9 Å². The Hall–Kier alpha value is -4.01. The van der Waals surface area contributed by atoms with Crippen molar-refractivity contribution in [3.63, 3.8) is 0 Å². The zero-order valence-corrected chi connectivity index (χ0v) is 15.7. The summed E-state index contributed by atoms with van der Waals surface area (Å²) in [6.07, 6.45) is 0. The molecule has 0 fully saturated rings. The number of carbonyl (C=O) groups is 2. The Bertz CT molecular complexity index is 1380. The van der Waals surface area contributed by atoms with Gasteiger partial charge in [0.05, 0.1) is 30.8 Å². The van der Waals surface area contributed by atoms with Crippen molar-refractivity contribution in [1.29, 1.82) is 0 Å². The van der Waals surface area contributed by atoms with Crippen molar-refractivity contribution in [3.8, 4) is 5.69 Å². The van der Waals surface area contributed by atoms with Crippen LogP contribution in [0.25, 0.3) is 27.6 Å². The summed E-state index contributed by atoms with van der Waals surface area (Å²) in [5, 5.41) is 0.446. The second-order valence-electron chi connectivity index (χ2n) is 6.28. The first kappa shape index (κ1) is 19.3. The van der Waals surface area contributed by atoms with Crippen molar-refractivity contribution >= 4 is 33.8 Å². The molecule has 0 aliphatic heterocycles. The Labute approximate surface area is 167 Å². The highest BCUT2D eigenvalue weighted by Gasteiger charge is 2.33. The van der Waals surface area contributed by atoms with Crippen LogP contribution < -0.4 is 5.63 Å². The van der Waals surface area contributed by atoms with Crippen molar-refractivity contribution < 1.29 is 32.3 Å². The number of ether oxygens (including phenoxy) is 2. The van der Waals surface area contributed by atoms with Crippen molar-refractivity contribution in [2.75, 3.05) is 14.2 Å². The molecule has 30 heavy (non-hydrogen) atoms. The van der Waals surface area contributed by atoms with Crippen LogP contribution in [0.5, 0.6) is 0 Å². The van der Waals surface area contributed by atoms with Gasteiger partial charge < -0.3 is 13.9 Å². The molecule has 0 atom stereocenters. The second kappa shape index (κ2) is 7.11. The van der Waals surface area contributed by atoms with E-state index in [0.29, 0.717) is 11.5 Å². The third kappa shape index (κ3) is 2.83. The second-order valence-corrected chi connectivity index (χ2v) is 6.28. The summed E-state index contributed by atoms with van der Waals surface area (Å²) in [5.41, 5.74) is -1.86. The number of methoxy groups -OCH3 is 2. The molecule has 0 N–H and O–H groups in total. The lowest BCUT2D eigenvalue weighted by atomic mass is 10.1. The predicted octanol–water partition coefficient (Wildman–Crippen LogP) is 3.59. The largest absolute Gasteiger partial charge is 0.465 e. The van der Waals surface area contributed by atoms with Crippen LogP contribution in [0.2, 0.25) is 0 Å². The molecule has 4 rings (SSSR count). The summed E-state index contributed by atoms with van der Waals surface area (Å²) in [5.74, 6) is -3.81. The molecule has 2 aromatic heterocycles. The van der Waals surface area contributed by atoms with Gasteiger partial charge in [0.2, 0.25) is 0 Å². The lowest BCUT2D eigenvalue weighted by molar-refractivity contribution is 0.0550. The number of nitrogens with zero attached hydrogens (tertiary/aromatic N) is 1. The molecule has 0 saturated heterocycles. The maximum Gasteiger partial charge on any atom is 0.356 e. The molecule has 2 aromatic carbocycles. The normalized spacial score (nSPS) is 11.1. The minimum absolute atomic E-state index is 0.0796. The zero-order chi connectivity index (χ0) is 21.6. The van der Waals surface area contributed by atoms with Crippen LogP contribution in [0.1, 0.15) is 20.8 Å². The SMILES string of the molecule is COC(=O)c1c(C(=O)OC)n(-c2cc(F)cc(F)c2)c2c1oc(=O)c1ccccc12. The number of esters is 2. The number of rotatable bonds is 3. The highest BCUT2D eigenvalue weighted by molar-refractivity contribution is 6.17. The highest BCUT2D eigenvalue weighted by atomic mass is 19.1. The molecule has 0 bridgehead atoms. The van der Waals surface area contributed by atoms with Gasteiger partial charge in [0.1, 0.15) is 17.2 Å². The zero-order valence-electron chi connectivity index (χ0n) is 15.7. The lowest BCUT2D eigenvalue weighted by Crippen LogP contribution is -2.15. The summed E-state index contributed by atoms with van der Waals surface area (Å²) in [6.45, 7) is 0. The molecule has 152 valence electrons. The van der Waals surface area contributed by atoms with Crippen LogP contribution in [-0.2, 0) is 9.47 Å². The molecule has 9 heteroatoms. The van der Waals surface area contributed by atoms with E-state index in [1.165, 1.54) is 6.07 Å². The van der Waals surface area contributed by atoms with Gasteiger partial charge in [-0.05, 0) is 18.2 Å². The summed E-state index contributed by atoms with van der Waals surface area (Å²) in [7, 11) is 2.15. The molecule has 0 amide bonds. The fraction of sp³-hybridized carbons (Fsp3) is 0.0952. The third-order valence-corrected chi connectivity index (χ3v) is 4.60. The third-order valence-electron chi connectivity index (χ3n) is 4.60. The summed E-state index contributed by atoms with van der Waals surface area (Å²) >= 11 is 0. The molecule has 0 saturated carbocycles. The van der Waals surface area contributed by atoms with Crippen LogP contribution in [0, 0.1) is 11.6 Å². The monoisotopic (exact) mass is 413 g/mol. The Morgan fingerprint density at radius 3 is 2.13 bits per heavy atom. The summed E-state index contributed by atoms with van der Waals surface area (Å²) in [6, 6.07) is 8.86. The van der Waals surface area contributed by atoms with E-state index in [2.05, 4.69) is 0 Å². The fourth-order valence-electron chi connectivity index (χ4n) is 3.42. The number of hydrogen-bond donors (Lipinski definition) is 0. The van der Waals surface area contributed by atoms with Crippen LogP contribution >= 0.6 is 0 Å². The van der Waals surface area contributed by atoms with Crippen LogP contribution in [-0.4, -0.2) is 30.7 Å². The van der Waals surface area contributed by atoms with Gasteiger partial charge >= 0.3 is 17.6 Å². The van der Waals surface area contributed by atoms with Crippen LogP contribution in [0.3, 0.4) is 0 Å². The molecule has 0 radical (unpaired) electrons. The molecule has 4 aromatic rings. The van der Waals surface area contributed by atoms with E-state index >= 15 is 0 Å². The average molecular weight is 413 g/mol. The number of carbonyl (C=O) groups excluding carboxylic acids is 2. The van der Waals surface area contributed by atoms with E-state index in [4.69, 9.17) is 13.9 Å². The quantitative estimate of drug-likeness (QED) is 0.477. The van der Waals surface area contributed by atoms with Gasteiger partial charge in [-0.25, -0.2) is 23.2 Å². The maximum atomic E-state index is 14.0. The molecular weight excluding hydrogens is 400 g/mol. The average Bonchev–Trinajstić information content (AvgIpc) is 3.07. The number of halogens is 2. The first-order valence-corrected chi connectivity index (χ1v) is 8.60. The number of fused-ring (bicyclic) bond motifs is 3. The van der Waals surface area contributed by atoms with Gasteiger partial charge in [-0.2, -0.15) is 0 Å². The Balaban J connectivity index is 2.34.